The lowest BCUT2D eigenvalue weighted by Gasteiger charge is -2.15. The predicted molar refractivity (Wildman–Crippen MR) is 117 cm³/mol. The Labute approximate surface area is 177 Å². The zero-order valence-electron chi connectivity index (χ0n) is 17.6. The Hall–Kier alpha value is -3.34. The highest BCUT2D eigenvalue weighted by Gasteiger charge is 2.17. The number of nitrogens with zero attached hydrogens (tertiary/aromatic N) is 1. The van der Waals surface area contributed by atoms with Crippen molar-refractivity contribution in [1.29, 1.82) is 0 Å². The van der Waals surface area contributed by atoms with E-state index in [1.807, 2.05) is 55.5 Å². The first-order valence-electron chi connectivity index (χ1n) is 10.2. The number of carboxylic acids is 1. The molecular formula is C25H27NO4. The summed E-state index contributed by atoms with van der Waals surface area (Å²) in [6.07, 6.45) is 0.897. The molecule has 0 fully saturated rings. The number of aromatic carboxylic acids is 1. The summed E-state index contributed by atoms with van der Waals surface area (Å²) in [5.74, 6) is 0.733. The first kappa shape index (κ1) is 21.4. The Morgan fingerprint density at radius 3 is 2.37 bits per heavy atom. The molecule has 0 atom stereocenters. The molecule has 5 nitrogen and oxygen atoms in total. The molecule has 0 saturated carbocycles. The van der Waals surface area contributed by atoms with Gasteiger partial charge in [0, 0.05) is 5.56 Å². The number of para-hydroxylation sites is 2. The Bertz CT molecular complexity index is 1010. The van der Waals surface area contributed by atoms with Gasteiger partial charge in [-0.05, 0) is 48.2 Å². The topological polar surface area (TPSA) is 68.7 Å². The Balaban J connectivity index is 1.94. The zero-order valence-corrected chi connectivity index (χ0v) is 17.6. The summed E-state index contributed by atoms with van der Waals surface area (Å²) in [5.41, 5.74) is 3.06. The van der Waals surface area contributed by atoms with Crippen LogP contribution in [0.2, 0.25) is 0 Å². The minimum atomic E-state index is -1.03. The van der Waals surface area contributed by atoms with E-state index in [9.17, 15) is 9.90 Å². The van der Waals surface area contributed by atoms with E-state index in [0.29, 0.717) is 23.9 Å². The van der Waals surface area contributed by atoms with Gasteiger partial charge in [-0.25, -0.2) is 9.78 Å². The number of carboxylic acid groups (broad SMARTS) is 1. The summed E-state index contributed by atoms with van der Waals surface area (Å²) in [6, 6.07) is 18.7. The molecule has 0 amide bonds. The van der Waals surface area contributed by atoms with Gasteiger partial charge in [-0.2, -0.15) is 0 Å². The molecule has 156 valence electrons. The van der Waals surface area contributed by atoms with Gasteiger partial charge in [0.05, 0.1) is 23.6 Å². The molecule has 3 rings (SSSR count). The number of ether oxygens (including phenoxy) is 2. The summed E-state index contributed by atoms with van der Waals surface area (Å²) in [7, 11) is 0. The molecule has 1 aromatic heterocycles. The lowest BCUT2D eigenvalue weighted by molar-refractivity contribution is 0.0693. The van der Waals surface area contributed by atoms with E-state index in [0.717, 1.165) is 29.0 Å². The fourth-order valence-electron chi connectivity index (χ4n) is 3.21. The average molecular weight is 405 g/mol. The van der Waals surface area contributed by atoms with Gasteiger partial charge < -0.3 is 14.6 Å². The van der Waals surface area contributed by atoms with Gasteiger partial charge in [0.25, 0.3) is 0 Å². The van der Waals surface area contributed by atoms with Gasteiger partial charge in [-0.3, -0.25) is 0 Å². The van der Waals surface area contributed by atoms with E-state index in [1.165, 1.54) is 0 Å². The lowest BCUT2D eigenvalue weighted by Crippen LogP contribution is -2.10. The highest BCUT2D eigenvalue weighted by molar-refractivity contribution is 5.89. The molecule has 3 aromatic rings. The quantitative estimate of drug-likeness (QED) is 0.477. The number of rotatable bonds is 9. The number of aromatic nitrogens is 1. The Morgan fingerprint density at radius 1 is 0.967 bits per heavy atom. The van der Waals surface area contributed by atoms with E-state index < -0.39 is 5.97 Å². The van der Waals surface area contributed by atoms with Crippen LogP contribution in [0.4, 0.5) is 0 Å². The molecule has 0 unspecified atom stereocenters. The number of carbonyl (C=O) groups is 1. The zero-order chi connectivity index (χ0) is 21.5. The lowest BCUT2D eigenvalue weighted by atomic mass is 10.0. The van der Waals surface area contributed by atoms with E-state index >= 15 is 0 Å². The smallest absolute Gasteiger partial charge is 0.337 e. The van der Waals surface area contributed by atoms with Gasteiger partial charge in [-0.15, -0.1) is 0 Å². The average Bonchev–Trinajstić information content (AvgIpc) is 2.76. The third-order valence-electron chi connectivity index (χ3n) is 4.73. The maximum atomic E-state index is 11.7. The molecule has 0 radical (unpaired) electrons. The number of benzene rings is 2. The fourth-order valence-corrected chi connectivity index (χ4v) is 3.21. The monoisotopic (exact) mass is 405 g/mol. The van der Waals surface area contributed by atoms with E-state index in [2.05, 4.69) is 18.8 Å². The number of hydrogen-bond acceptors (Lipinski definition) is 4. The largest absolute Gasteiger partial charge is 0.493 e. The van der Waals surface area contributed by atoms with Crippen LogP contribution < -0.4 is 9.47 Å². The number of pyridine rings is 1. The minimum absolute atomic E-state index is 0.0667. The second-order valence-corrected chi connectivity index (χ2v) is 7.32. The van der Waals surface area contributed by atoms with Crippen molar-refractivity contribution in [3.05, 3.63) is 77.5 Å². The maximum Gasteiger partial charge on any atom is 0.337 e. The molecule has 0 spiro atoms. The molecule has 5 heteroatoms. The van der Waals surface area contributed by atoms with Crippen LogP contribution in [0.3, 0.4) is 0 Å². The van der Waals surface area contributed by atoms with Crippen LogP contribution in [0.1, 0.15) is 54.7 Å². The third kappa shape index (κ3) is 4.98. The first-order chi connectivity index (χ1) is 14.5. The minimum Gasteiger partial charge on any atom is -0.493 e. The standard InChI is InChI=1S/C25H27NO4/c1-4-15-29-24-12-8-6-10-19(24)21-14-13-20(25(27)28)22(26-21)16-30-23-11-7-5-9-18(23)17(2)3/h5-14,17H,4,15-16H2,1-3H3,(H,27,28). The summed E-state index contributed by atoms with van der Waals surface area (Å²) < 4.78 is 11.8. The van der Waals surface area contributed by atoms with Crippen molar-refractivity contribution in [2.45, 2.75) is 39.7 Å². The molecule has 0 saturated heterocycles. The maximum absolute atomic E-state index is 11.7. The van der Waals surface area contributed by atoms with Gasteiger partial charge in [0.1, 0.15) is 18.1 Å². The number of hydrogen-bond donors (Lipinski definition) is 1. The molecule has 1 heterocycles. The van der Waals surface area contributed by atoms with E-state index in [1.54, 1.807) is 12.1 Å². The van der Waals surface area contributed by atoms with Crippen molar-refractivity contribution in [1.82, 2.24) is 4.98 Å². The summed E-state index contributed by atoms with van der Waals surface area (Å²) in [6.45, 7) is 6.91. The van der Waals surface area contributed by atoms with Crippen molar-refractivity contribution in [3.63, 3.8) is 0 Å². The van der Waals surface area contributed by atoms with Gasteiger partial charge in [0.2, 0.25) is 0 Å². The summed E-state index contributed by atoms with van der Waals surface area (Å²) in [5, 5.41) is 9.62. The SMILES string of the molecule is CCCOc1ccccc1-c1ccc(C(=O)O)c(COc2ccccc2C(C)C)n1. The highest BCUT2D eigenvalue weighted by atomic mass is 16.5. The Kier molecular flexibility index (Phi) is 7.07. The highest BCUT2D eigenvalue weighted by Crippen LogP contribution is 2.30. The second-order valence-electron chi connectivity index (χ2n) is 7.32. The molecule has 1 N–H and O–H groups in total. The van der Waals surface area contributed by atoms with Crippen LogP contribution in [0.15, 0.2) is 60.7 Å². The Morgan fingerprint density at radius 2 is 1.67 bits per heavy atom. The van der Waals surface area contributed by atoms with Crippen LogP contribution in [0, 0.1) is 0 Å². The normalized spacial score (nSPS) is 10.8. The molecule has 0 aliphatic heterocycles. The predicted octanol–water partition coefficient (Wildman–Crippen LogP) is 5.94. The fraction of sp³-hybridized carbons (Fsp3) is 0.280. The molecule has 2 aromatic carbocycles. The van der Waals surface area contributed by atoms with Crippen LogP contribution >= 0.6 is 0 Å². The van der Waals surface area contributed by atoms with Crippen LogP contribution in [0.5, 0.6) is 11.5 Å². The van der Waals surface area contributed by atoms with Crippen LogP contribution in [-0.2, 0) is 6.61 Å². The van der Waals surface area contributed by atoms with Gasteiger partial charge in [0.15, 0.2) is 0 Å². The van der Waals surface area contributed by atoms with Crippen molar-refractivity contribution in [3.8, 4) is 22.8 Å². The molecular weight excluding hydrogens is 378 g/mol. The molecule has 30 heavy (non-hydrogen) atoms. The van der Waals surface area contributed by atoms with Crippen molar-refractivity contribution < 1.29 is 19.4 Å². The third-order valence-corrected chi connectivity index (χ3v) is 4.73. The first-order valence-corrected chi connectivity index (χ1v) is 10.2. The molecule has 0 aliphatic carbocycles. The molecule has 0 bridgehead atoms. The van der Waals surface area contributed by atoms with Crippen molar-refractivity contribution in [2.75, 3.05) is 6.61 Å². The van der Waals surface area contributed by atoms with Crippen molar-refractivity contribution in [2.24, 2.45) is 0 Å². The second kappa shape index (κ2) is 9.92. The van der Waals surface area contributed by atoms with Crippen LogP contribution in [-0.4, -0.2) is 22.7 Å². The summed E-state index contributed by atoms with van der Waals surface area (Å²) >= 11 is 0. The van der Waals surface area contributed by atoms with Gasteiger partial charge in [-0.1, -0.05) is 51.1 Å². The van der Waals surface area contributed by atoms with E-state index in [-0.39, 0.29) is 12.2 Å². The van der Waals surface area contributed by atoms with Crippen LogP contribution in [0.25, 0.3) is 11.3 Å². The van der Waals surface area contributed by atoms with E-state index in [4.69, 9.17) is 9.47 Å². The molecule has 0 aliphatic rings. The van der Waals surface area contributed by atoms with Gasteiger partial charge >= 0.3 is 5.97 Å². The van der Waals surface area contributed by atoms with Crippen molar-refractivity contribution >= 4 is 5.97 Å². The summed E-state index contributed by atoms with van der Waals surface area (Å²) in [4.78, 5) is 16.4.